The van der Waals surface area contributed by atoms with Crippen molar-refractivity contribution in [2.75, 3.05) is 5.32 Å². The van der Waals surface area contributed by atoms with Crippen molar-refractivity contribution in [1.82, 2.24) is 0 Å². The summed E-state index contributed by atoms with van der Waals surface area (Å²) in [7, 11) is -4.42. The summed E-state index contributed by atoms with van der Waals surface area (Å²) in [6, 6.07) is 5.13. The van der Waals surface area contributed by atoms with E-state index in [0.717, 1.165) is 16.9 Å². The topological polar surface area (TPSA) is 66.4 Å². The van der Waals surface area contributed by atoms with Gasteiger partial charge in [0.2, 0.25) is 0 Å². The molecule has 1 aromatic rings. The van der Waals surface area contributed by atoms with Gasteiger partial charge >= 0.3 is 0 Å². The molecule has 2 rings (SSSR count). The first-order valence-electron chi connectivity index (χ1n) is 6.37. The van der Waals surface area contributed by atoms with Crippen molar-refractivity contribution >= 4 is 27.4 Å². The number of rotatable bonds is 4. The number of alkyl halides is 1. The molecule has 20 heavy (non-hydrogen) atoms. The zero-order chi connectivity index (χ0) is 15.1. The van der Waals surface area contributed by atoms with Crippen LogP contribution in [0.4, 0.5) is 5.69 Å². The molecular formula is C14H18ClNO3S. The Morgan fingerprint density at radius 2 is 2.15 bits per heavy atom. The summed E-state index contributed by atoms with van der Waals surface area (Å²) in [6.07, 6.45) is 0.768. The molecule has 1 aromatic carbocycles. The SMILES string of the molecule is C=C1Cc2cc(C(Cl)(CC(C)C)S(=O)(=O)O)ccc2N1. The Hall–Kier alpha value is -1.04. The van der Waals surface area contributed by atoms with E-state index in [1.807, 2.05) is 13.8 Å². The van der Waals surface area contributed by atoms with Gasteiger partial charge in [0.1, 0.15) is 0 Å². The van der Waals surface area contributed by atoms with Crippen LogP contribution in [0.5, 0.6) is 0 Å². The van der Waals surface area contributed by atoms with E-state index in [0.29, 0.717) is 12.0 Å². The minimum Gasteiger partial charge on any atom is -0.359 e. The third-order valence-electron chi connectivity index (χ3n) is 3.33. The van der Waals surface area contributed by atoms with Gasteiger partial charge in [0.25, 0.3) is 10.1 Å². The molecule has 110 valence electrons. The second-order valence-corrected chi connectivity index (χ2v) is 8.10. The fourth-order valence-electron chi connectivity index (χ4n) is 2.46. The van der Waals surface area contributed by atoms with Crippen molar-refractivity contribution < 1.29 is 13.0 Å². The monoisotopic (exact) mass is 315 g/mol. The van der Waals surface area contributed by atoms with Gasteiger partial charge in [0.15, 0.2) is 4.21 Å². The van der Waals surface area contributed by atoms with Crippen molar-refractivity contribution in [1.29, 1.82) is 0 Å². The van der Waals surface area contributed by atoms with Crippen LogP contribution in [0, 0.1) is 5.92 Å². The highest BCUT2D eigenvalue weighted by Gasteiger charge is 2.43. The molecule has 0 amide bonds. The van der Waals surface area contributed by atoms with E-state index in [4.69, 9.17) is 11.6 Å². The van der Waals surface area contributed by atoms with Gasteiger partial charge in [-0.25, -0.2) is 0 Å². The zero-order valence-electron chi connectivity index (χ0n) is 11.5. The molecule has 0 aromatic heterocycles. The predicted octanol–water partition coefficient (Wildman–Crippen LogP) is 3.49. The Morgan fingerprint density at radius 1 is 1.50 bits per heavy atom. The van der Waals surface area contributed by atoms with Crippen molar-refractivity contribution in [2.45, 2.75) is 30.9 Å². The summed E-state index contributed by atoms with van der Waals surface area (Å²) < 4.78 is 31.2. The fourth-order valence-corrected chi connectivity index (χ4v) is 3.85. The van der Waals surface area contributed by atoms with Gasteiger partial charge in [0.05, 0.1) is 0 Å². The highest BCUT2D eigenvalue weighted by atomic mass is 35.5. The molecule has 0 bridgehead atoms. The van der Waals surface area contributed by atoms with E-state index in [2.05, 4.69) is 11.9 Å². The third-order valence-corrected chi connectivity index (χ3v) is 5.51. The number of allylic oxidation sites excluding steroid dienone is 1. The van der Waals surface area contributed by atoms with Gasteiger partial charge in [-0.2, -0.15) is 8.42 Å². The number of halogens is 1. The summed E-state index contributed by atoms with van der Waals surface area (Å²) in [5.41, 5.74) is 3.08. The molecule has 0 saturated heterocycles. The van der Waals surface area contributed by atoms with Gasteiger partial charge in [-0.05, 0) is 29.5 Å². The van der Waals surface area contributed by atoms with Crippen LogP contribution in [0.15, 0.2) is 30.5 Å². The average molecular weight is 316 g/mol. The Labute approximate surface area is 124 Å². The Kier molecular flexibility index (Phi) is 3.88. The smallest absolute Gasteiger partial charge is 0.289 e. The van der Waals surface area contributed by atoms with Gasteiger partial charge in [-0.3, -0.25) is 4.55 Å². The van der Waals surface area contributed by atoms with Crippen LogP contribution < -0.4 is 5.32 Å². The Balaban J connectivity index is 2.51. The van der Waals surface area contributed by atoms with E-state index in [1.165, 1.54) is 0 Å². The summed E-state index contributed by atoms with van der Waals surface area (Å²) in [5.74, 6) is 0.0239. The maximum atomic E-state index is 11.7. The van der Waals surface area contributed by atoms with Crippen LogP contribution in [-0.4, -0.2) is 13.0 Å². The lowest BCUT2D eigenvalue weighted by Crippen LogP contribution is -2.31. The third kappa shape index (κ3) is 2.71. The molecule has 4 nitrogen and oxygen atoms in total. The zero-order valence-corrected chi connectivity index (χ0v) is 13.1. The first-order chi connectivity index (χ1) is 9.13. The molecule has 1 aliphatic heterocycles. The molecule has 1 unspecified atom stereocenters. The van der Waals surface area contributed by atoms with Gasteiger partial charge < -0.3 is 5.32 Å². The minimum absolute atomic E-state index is 0.0239. The second-order valence-electron chi connectivity index (χ2n) is 5.58. The number of benzene rings is 1. The normalized spacial score (nSPS) is 17.8. The lowest BCUT2D eigenvalue weighted by Gasteiger charge is -2.26. The van der Waals surface area contributed by atoms with Crippen LogP contribution in [0.2, 0.25) is 0 Å². The standard InChI is InChI=1S/C14H18ClNO3S/c1-9(2)8-14(15,20(17,18)19)12-4-5-13-11(7-12)6-10(3)16-13/h4-5,7,9,16H,3,6,8H2,1-2H3,(H,17,18,19). The molecule has 0 aliphatic carbocycles. The number of anilines is 1. The van der Waals surface area contributed by atoms with Crippen molar-refractivity contribution in [2.24, 2.45) is 5.92 Å². The largest absolute Gasteiger partial charge is 0.359 e. The van der Waals surface area contributed by atoms with Gasteiger partial charge in [0, 0.05) is 17.8 Å². The van der Waals surface area contributed by atoms with Crippen LogP contribution in [0.1, 0.15) is 31.4 Å². The predicted molar refractivity (Wildman–Crippen MR) is 81.4 cm³/mol. The summed E-state index contributed by atoms with van der Waals surface area (Å²) in [5, 5.41) is 3.11. The lowest BCUT2D eigenvalue weighted by atomic mass is 9.99. The van der Waals surface area contributed by atoms with E-state index in [1.54, 1.807) is 18.2 Å². The molecule has 2 N–H and O–H groups in total. The van der Waals surface area contributed by atoms with Crippen molar-refractivity contribution in [3.8, 4) is 0 Å². The van der Waals surface area contributed by atoms with E-state index < -0.39 is 14.3 Å². The summed E-state index contributed by atoms with van der Waals surface area (Å²) in [6.45, 7) is 7.57. The highest BCUT2D eigenvalue weighted by Crippen LogP contribution is 2.42. The molecular weight excluding hydrogens is 298 g/mol. The van der Waals surface area contributed by atoms with Crippen molar-refractivity contribution in [3.63, 3.8) is 0 Å². The lowest BCUT2D eigenvalue weighted by molar-refractivity contribution is 0.433. The molecule has 0 spiro atoms. The van der Waals surface area contributed by atoms with E-state index in [9.17, 15) is 13.0 Å². The van der Waals surface area contributed by atoms with Crippen molar-refractivity contribution in [3.05, 3.63) is 41.6 Å². The molecule has 6 heteroatoms. The van der Waals surface area contributed by atoms with Crippen LogP contribution >= 0.6 is 11.6 Å². The maximum absolute atomic E-state index is 11.7. The fraction of sp³-hybridized carbons (Fsp3) is 0.429. The van der Waals surface area contributed by atoms with Crippen LogP contribution in [-0.2, 0) is 20.7 Å². The van der Waals surface area contributed by atoms with Crippen LogP contribution in [0.25, 0.3) is 0 Å². The number of fused-ring (bicyclic) bond motifs is 1. The van der Waals surface area contributed by atoms with E-state index in [-0.39, 0.29) is 12.3 Å². The summed E-state index contributed by atoms with van der Waals surface area (Å²) >= 11 is 6.29. The highest BCUT2D eigenvalue weighted by molar-refractivity contribution is 7.88. The summed E-state index contributed by atoms with van der Waals surface area (Å²) in [4.78, 5) is 0. The Morgan fingerprint density at radius 3 is 2.70 bits per heavy atom. The first-order valence-corrected chi connectivity index (χ1v) is 8.19. The molecule has 1 heterocycles. The average Bonchev–Trinajstić information content (AvgIpc) is 2.65. The second kappa shape index (κ2) is 5.06. The molecule has 1 aliphatic rings. The van der Waals surface area contributed by atoms with Gasteiger partial charge in [-0.1, -0.05) is 44.2 Å². The molecule has 0 radical (unpaired) electrons. The molecule has 0 saturated carbocycles. The quantitative estimate of drug-likeness (QED) is 0.659. The molecule has 0 fully saturated rings. The number of hydrogen-bond acceptors (Lipinski definition) is 3. The minimum atomic E-state index is -4.42. The van der Waals surface area contributed by atoms with E-state index >= 15 is 0 Å². The van der Waals surface area contributed by atoms with Gasteiger partial charge in [-0.15, -0.1) is 0 Å². The number of nitrogens with one attached hydrogen (secondary N) is 1. The van der Waals surface area contributed by atoms with Crippen LogP contribution in [0.3, 0.4) is 0 Å². The number of hydrogen-bond donors (Lipinski definition) is 2. The molecule has 1 atom stereocenters. The first kappa shape index (κ1) is 15.4. The Bertz CT molecular complexity index is 654. The maximum Gasteiger partial charge on any atom is 0.289 e.